The summed E-state index contributed by atoms with van der Waals surface area (Å²) in [5.41, 5.74) is 2.41. The van der Waals surface area contributed by atoms with E-state index in [0.717, 1.165) is 6.42 Å². The average molecular weight is 206 g/mol. The Morgan fingerprint density at radius 1 is 1.47 bits per heavy atom. The summed E-state index contributed by atoms with van der Waals surface area (Å²) in [5.74, 6) is 0. The Bertz CT molecular complexity index is 367. The van der Waals surface area contributed by atoms with Gasteiger partial charge in [-0.25, -0.2) is 0 Å². The van der Waals surface area contributed by atoms with E-state index in [1.54, 1.807) is 14.2 Å². The van der Waals surface area contributed by atoms with Gasteiger partial charge < -0.3 is 4.74 Å². The molecule has 0 fully saturated rings. The lowest BCUT2D eigenvalue weighted by molar-refractivity contribution is 0.0340. The number of fused-ring (bicyclic) bond motifs is 1. The molecule has 4 heteroatoms. The smallest absolute Gasteiger partial charge is 0.105 e. The molecule has 2 unspecified atom stereocenters. The minimum Gasteiger partial charge on any atom is -0.375 e. The van der Waals surface area contributed by atoms with Gasteiger partial charge >= 0.3 is 0 Å². The molecule has 1 aromatic rings. The highest BCUT2D eigenvalue weighted by molar-refractivity contribution is 5.36. The molecule has 0 saturated heterocycles. The van der Waals surface area contributed by atoms with Crippen LogP contribution in [-0.2, 0) is 11.2 Å². The van der Waals surface area contributed by atoms with Crippen LogP contribution >= 0.6 is 0 Å². The highest BCUT2D eigenvalue weighted by Crippen LogP contribution is 2.36. The van der Waals surface area contributed by atoms with Crippen molar-refractivity contribution in [2.24, 2.45) is 5.29 Å². The molecular formula is C11H14N2O2. The molecule has 0 bridgehead atoms. The standard InChI is InChI=1S/C11H14N2O2/c1-13(12-14)10-7-8-5-3-4-6-9(8)11(10)15-2/h3-6,10-11H,7H2,1-2H3. The van der Waals surface area contributed by atoms with Gasteiger partial charge in [0.15, 0.2) is 0 Å². The van der Waals surface area contributed by atoms with Crippen molar-refractivity contribution in [3.05, 3.63) is 40.3 Å². The van der Waals surface area contributed by atoms with Crippen LogP contribution in [-0.4, -0.2) is 25.2 Å². The van der Waals surface area contributed by atoms with E-state index in [-0.39, 0.29) is 12.1 Å². The predicted molar refractivity (Wildman–Crippen MR) is 57.2 cm³/mol. The monoisotopic (exact) mass is 206 g/mol. The number of hydrogen-bond donors (Lipinski definition) is 0. The van der Waals surface area contributed by atoms with Crippen LogP contribution in [0.25, 0.3) is 0 Å². The molecule has 80 valence electrons. The van der Waals surface area contributed by atoms with Crippen LogP contribution in [0, 0.1) is 4.91 Å². The zero-order valence-corrected chi connectivity index (χ0v) is 8.88. The Morgan fingerprint density at radius 2 is 2.20 bits per heavy atom. The van der Waals surface area contributed by atoms with Gasteiger partial charge in [0.25, 0.3) is 0 Å². The lowest BCUT2D eigenvalue weighted by Crippen LogP contribution is -2.31. The molecule has 15 heavy (non-hydrogen) atoms. The number of rotatable bonds is 3. The van der Waals surface area contributed by atoms with Crippen LogP contribution in [0.5, 0.6) is 0 Å². The van der Waals surface area contributed by atoms with Gasteiger partial charge in [0.1, 0.15) is 6.10 Å². The molecule has 0 radical (unpaired) electrons. The van der Waals surface area contributed by atoms with E-state index in [1.807, 2.05) is 18.2 Å². The molecule has 2 rings (SSSR count). The second kappa shape index (κ2) is 3.98. The molecule has 1 aliphatic carbocycles. The summed E-state index contributed by atoms with van der Waals surface area (Å²) >= 11 is 0. The normalized spacial score (nSPS) is 23.6. The summed E-state index contributed by atoms with van der Waals surface area (Å²) in [4.78, 5) is 10.5. The average Bonchev–Trinajstić information content (AvgIpc) is 2.66. The highest BCUT2D eigenvalue weighted by atomic mass is 16.5. The third-order valence-corrected chi connectivity index (χ3v) is 3.00. The molecule has 4 nitrogen and oxygen atoms in total. The zero-order chi connectivity index (χ0) is 10.8. The number of ether oxygens (including phenoxy) is 1. The van der Waals surface area contributed by atoms with E-state index in [2.05, 4.69) is 11.4 Å². The molecule has 1 aromatic carbocycles. The number of nitroso groups, excluding NO2 is 1. The maximum atomic E-state index is 10.5. The fraction of sp³-hybridized carbons (Fsp3) is 0.455. The largest absolute Gasteiger partial charge is 0.375 e. The van der Waals surface area contributed by atoms with Gasteiger partial charge in [-0.2, -0.15) is 0 Å². The lowest BCUT2D eigenvalue weighted by Gasteiger charge is -2.23. The maximum Gasteiger partial charge on any atom is 0.105 e. The number of likely N-dealkylation sites (N-methyl/N-ethyl adjacent to an activating group) is 1. The van der Waals surface area contributed by atoms with Crippen molar-refractivity contribution in [2.75, 3.05) is 14.2 Å². The topological polar surface area (TPSA) is 41.9 Å². The molecule has 0 heterocycles. The van der Waals surface area contributed by atoms with E-state index < -0.39 is 0 Å². The quantitative estimate of drug-likeness (QED) is 0.560. The van der Waals surface area contributed by atoms with Crippen LogP contribution in [0.2, 0.25) is 0 Å². The van der Waals surface area contributed by atoms with E-state index >= 15 is 0 Å². The van der Waals surface area contributed by atoms with Gasteiger partial charge in [-0.3, -0.25) is 5.01 Å². The van der Waals surface area contributed by atoms with Crippen LogP contribution in [0.3, 0.4) is 0 Å². The number of nitrogens with zero attached hydrogens (tertiary/aromatic N) is 2. The molecular weight excluding hydrogens is 192 g/mol. The summed E-state index contributed by atoms with van der Waals surface area (Å²) in [6.45, 7) is 0. The number of methoxy groups -OCH3 is 1. The van der Waals surface area contributed by atoms with Crippen LogP contribution in [0.4, 0.5) is 0 Å². The molecule has 2 atom stereocenters. The Balaban J connectivity index is 2.32. The predicted octanol–water partition coefficient (Wildman–Crippen LogP) is 1.91. The Hall–Kier alpha value is -1.42. The second-order valence-corrected chi connectivity index (χ2v) is 3.78. The fourth-order valence-electron chi connectivity index (χ4n) is 2.21. The molecule has 0 spiro atoms. The van der Waals surface area contributed by atoms with Crippen molar-refractivity contribution in [3.8, 4) is 0 Å². The van der Waals surface area contributed by atoms with Gasteiger partial charge in [-0.15, -0.1) is 4.91 Å². The molecule has 0 saturated carbocycles. The SMILES string of the molecule is COC1c2ccccc2CC1N(C)N=O. The van der Waals surface area contributed by atoms with E-state index in [0.29, 0.717) is 0 Å². The van der Waals surface area contributed by atoms with Crippen molar-refractivity contribution in [1.82, 2.24) is 5.01 Å². The summed E-state index contributed by atoms with van der Waals surface area (Å²) in [5, 5.41) is 4.39. The fourth-order valence-corrected chi connectivity index (χ4v) is 2.21. The first-order valence-corrected chi connectivity index (χ1v) is 4.94. The molecule has 0 aliphatic heterocycles. The molecule has 0 aromatic heterocycles. The Morgan fingerprint density at radius 3 is 2.87 bits per heavy atom. The van der Waals surface area contributed by atoms with Crippen LogP contribution < -0.4 is 0 Å². The van der Waals surface area contributed by atoms with Gasteiger partial charge in [0.05, 0.1) is 11.3 Å². The Labute approximate surface area is 88.8 Å². The van der Waals surface area contributed by atoms with Gasteiger partial charge in [-0.05, 0) is 17.5 Å². The van der Waals surface area contributed by atoms with E-state index in [9.17, 15) is 4.91 Å². The third-order valence-electron chi connectivity index (χ3n) is 3.00. The summed E-state index contributed by atoms with van der Waals surface area (Å²) in [6, 6.07) is 8.12. The highest BCUT2D eigenvalue weighted by Gasteiger charge is 2.35. The summed E-state index contributed by atoms with van der Waals surface area (Å²) in [7, 11) is 3.36. The maximum absolute atomic E-state index is 10.5. The van der Waals surface area contributed by atoms with Crippen molar-refractivity contribution in [1.29, 1.82) is 0 Å². The van der Waals surface area contributed by atoms with Crippen molar-refractivity contribution < 1.29 is 4.74 Å². The van der Waals surface area contributed by atoms with Crippen molar-refractivity contribution in [3.63, 3.8) is 0 Å². The number of hydrogen-bond acceptors (Lipinski definition) is 3. The van der Waals surface area contributed by atoms with E-state index in [1.165, 1.54) is 16.1 Å². The first-order chi connectivity index (χ1) is 7.27. The lowest BCUT2D eigenvalue weighted by atomic mass is 10.1. The molecule has 0 N–H and O–H groups in total. The van der Waals surface area contributed by atoms with E-state index in [4.69, 9.17) is 4.74 Å². The Kier molecular flexibility index (Phi) is 2.68. The zero-order valence-electron chi connectivity index (χ0n) is 8.88. The molecule has 1 aliphatic rings. The minimum atomic E-state index is -0.0519. The van der Waals surface area contributed by atoms with Gasteiger partial charge in [-0.1, -0.05) is 24.3 Å². The summed E-state index contributed by atoms with van der Waals surface area (Å²) < 4.78 is 5.43. The van der Waals surface area contributed by atoms with Crippen molar-refractivity contribution in [2.45, 2.75) is 18.6 Å². The van der Waals surface area contributed by atoms with Gasteiger partial charge in [0.2, 0.25) is 0 Å². The second-order valence-electron chi connectivity index (χ2n) is 3.78. The number of benzene rings is 1. The minimum absolute atomic E-state index is 0.0184. The van der Waals surface area contributed by atoms with Crippen LogP contribution in [0.1, 0.15) is 17.2 Å². The van der Waals surface area contributed by atoms with Crippen molar-refractivity contribution >= 4 is 0 Å². The molecule has 0 amide bonds. The third kappa shape index (κ3) is 1.61. The first-order valence-electron chi connectivity index (χ1n) is 4.94. The van der Waals surface area contributed by atoms with Gasteiger partial charge in [0, 0.05) is 14.2 Å². The van der Waals surface area contributed by atoms with Crippen LogP contribution in [0.15, 0.2) is 29.6 Å². The summed E-state index contributed by atoms with van der Waals surface area (Å²) in [6.07, 6.45) is 0.764. The first kappa shape index (κ1) is 10.1.